The van der Waals surface area contributed by atoms with Crippen molar-refractivity contribution in [2.75, 3.05) is 19.6 Å². The molecule has 0 aliphatic rings. The molecule has 0 heterocycles. The molecule has 0 spiro atoms. The van der Waals surface area contributed by atoms with E-state index < -0.39 is 12.1 Å². The molecule has 0 rings (SSSR count). The Labute approximate surface area is 234 Å². The van der Waals surface area contributed by atoms with E-state index in [0.717, 1.165) is 31.7 Å². The van der Waals surface area contributed by atoms with E-state index in [1.165, 1.54) is 135 Å². The van der Waals surface area contributed by atoms with Gasteiger partial charge in [-0.05, 0) is 38.3 Å². The van der Waals surface area contributed by atoms with Gasteiger partial charge in [0.15, 0.2) is 0 Å². The molecular weight excluding hydrogens is 485 g/mol. The van der Waals surface area contributed by atoms with Crippen molar-refractivity contribution < 1.29 is 18.0 Å². The van der Waals surface area contributed by atoms with Gasteiger partial charge in [-0.1, -0.05) is 149 Å². The second kappa shape index (κ2) is 27.8. The molecule has 1 amide bonds. The second-order valence-corrected chi connectivity index (χ2v) is 11.5. The van der Waals surface area contributed by atoms with E-state index in [9.17, 15) is 18.0 Å². The van der Waals surface area contributed by atoms with Gasteiger partial charge in [0, 0.05) is 6.54 Å². The summed E-state index contributed by atoms with van der Waals surface area (Å²) >= 11 is 0. The zero-order valence-corrected chi connectivity index (χ0v) is 25.2. The monoisotopic (exact) mass is 548 g/mol. The lowest BCUT2D eigenvalue weighted by Gasteiger charge is -2.17. The maximum absolute atomic E-state index is 12.2. The molecule has 0 fully saturated rings. The molecular formula is C32H63F3N2O. The molecule has 1 unspecified atom stereocenters. The Bertz CT molecular complexity index is 500. The van der Waals surface area contributed by atoms with Crippen molar-refractivity contribution in [1.29, 1.82) is 0 Å². The van der Waals surface area contributed by atoms with Crippen molar-refractivity contribution in [3.05, 3.63) is 0 Å². The van der Waals surface area contributed by atoms with Crippen molar-refractivity contribution in [3.63, 3.8) is 0 Å². The summed E-state index contributed by atoms with van der Waals surface area (Å²) in [7, 11) is 0. The first kappa shape index (κ1) is 37.2. The van der Waals surface area contributed by atoms with E-state index >= 15 is 0 Å². The lowest BCUT2D eigenvalue weighted by Crippen LogP contribution is -2.37. The minimum Gasteiger partial charge on any atom is -0.348 e. The number of unbranched alkanes of at least 4 members (excludes halogenated alkanes) is 17. The number of rotatable bonds is 29. The van der Waals surface area contributed by atoms with Crippen molar-refractivity contribution in [1.82, 2.24) is 10.6 Å². The van der Waals surface area contributed by atoms with Crippen LogP contribution in [0.4, 0.5) is 13.2 Å². The first-order valence-corrected chi connectivity index (χ1v) is 16.5. The van der Waals surface area contributed by atoms with Crippen molar-refractivity contribution in [2.45, 2.75) is 174 Å². The maximum Gasteiger partial charge on any atom is 0.471 e. The average Bonchev–Trinajstić information content (AvgIpc) is 2.89. The van der Waals surface area contributed by atoms with E-state index in [-0.39, 0.29) is 6.54 Å². The summed E-state index contributed by atoms with van der Waals surface area (Å²) in [4.78, 5) is 10.8. The maximum atomic E-state index is 12.2. The van der Waals surface area contributed by atoms with Crippen molar-refractivity contribution in [3.8, 4) is 0 Å². The van der Waals surface area contributed by atoms with Crippen molar-refractivity contribution in [2.24, 2.45) is 5.92 Å². The van der Waals surface area contributed by atoms with Crippen LogP contribution < -0.4 is 10.6 Å². The Kier molecular flexibility index (Phi) is 27.2. The molecule has 0 radical (unpaired) electrons. The average molecular weight is 549 g/mol. The van der Waals surface area contributed by atoms with Crippen LogP contribution in [0.15, 0.2) is 0 Å². The van der Waals surface area contributed by atoms with Gasteiger partial charge >= 0.3 is 12.1 Å². The Morgan fingerprint density at radius 3 is 1.29 bits per heavy atom. The third-order valence-corrected chi connectivity index (χ3v) is 7.72. The number of carbonyl (C=O) groups is 1. The third-order valence-electron chi connectivity index (χ3n) is 7.72. The van der Waals surface area contributed by atoms with Gasteiger partial charge in [0.05, 0.1) is 0 Å². The molecule has 0 saturated carbocycles. The fraction of sp³-hybridized carbons (Fsp3) is 0.969. The molecule has 0 aromatic heterocycles. The van der Waals surface area contributed by atoms with E-state index in [2.05, 4.69) is 19.2 Å². The molecule has 228 valence electrons. The summed E-state index contributed by atoms with van der Waals surface area (Å²) in [5.41, 5.74) is 0. The quantitative estimate of drug-likeness (QED) is 0.0913. The highest BCUT2D eigenvalue weighted by Gasteiger charge is 2.38. The van der Waals surface area contributed by atoms with Crippen LogP contribution in [0.2, 0.25) is 0 Å². The summed E-state index contributed by atoms with van der Waals surface area (Å²) in [6, 6.07) is 0. The first-order valence-electron chi connectivity index (χ1n) is 16.5. The van der Waals surface area contributed by atoms with Gasteiger partial charge in [0.2, 0.25) is 0 Å². The number of nitrogens with one attached hydrogen (secondary N) is 2. The zero-order chi connectivity index (χ0) is 28.2. The van der Waals surface area contributed by atoms with E-state index in [1.807, 2.05) is 5.32 Å². The summed E-state index contributed by atoms with van der Waals surface area (Å²) < 4.78 is 36.6. The van der Waals surface area contributed by atoms with Crippen molar-refractivity contribution >= 4 is 5.91 Å². The SMILES string of the molecule is CCCCCCCCCCCNCCCCCCC(CCCCCC)CCCCCCNC(=O)C(F)(F)F. The van der Waals surface area contributed by atoms with Crippen LogP contribution in [-0.2, 0) is 4.79 Å². The molecule has 0 bridgehead atoms. The molecule has 1 atom stereocenters. The lowest BCUT2D eigenvalue weighted by molar-refractivity contribution is -0.173. The third kappa shape index (κ3) is 26.8. The molecule has 6 heteroatoms. The number of alkyl halides is 3. The standard InChI is InChI=1S/C32H63F3N2O/c1-3-5-7-9-10-11-12-15-21-27-36-28-22-16-13-19-25-30(24-18-8-6-4-2)26-20-14-17-23-29-37-31(38)32(33,34)35/h30,36H,3-29H2,1-2H3,(H,37,38). The van der Waals surface area contributed by atoms with Gasteiger partial charge in [0.25, 0.3) is 0 Å². The Morgan fingerprint density at radius 2 is 0.868 bits per heavy atom. The molecule has 0 aromatic rings. The number of amides is 1. The van der Waals surface area contributed by atoms with Gasteiger partial charge in [-0.15, -0.1) is 0 Å². The van der Waals surface area contributed by atoms with Crippen LogP contribution in [0.3, 0.4) is 0 Å². The molecule has 38 heavy (non-hydrogen) atoms. The molecule has 0 aliphatic carbocycles. The van der Waals surface area contributed by atoms with Gasteiger partial charge in [-0.3, -0.25) is 4.79 Å². The van der Waals surface area contributed by atoms with Crippen LogP contribution in [0.25, 0.3) is 0 Å². The number of hydrogen-bond donors (Lipinski definition) is 2. The van der Waals surface area contributed by atoms with Gasteiger partial charge in [0.1, 0.15) is 0 Å². The second-order valence-electron chi connectivity index (χ2n) is 11.5. The van der Waals surface area contributed by atoms with Gasteiger partial charge in [-0.2, -0.15) is 13.2 Å². The number of carbonyl (C=O) groups excluding carboxylic acids is 1. The predicted octanol–water partition coefficient (Wildman–Crippen LogP) is 10.3. The largest absolute Gasteiger partial charge is 0.471 e. The first-order chi connectivity index (χ1) is 18.4. The highest BCUT2D eigenvalue weighted by Crippen LogP contribution is 2.24. The van der Waals surface area contributed by atoms with E-state index in [1.54, 1.807) is 0 Å². The van der Waals surface area contributed by atoms with Crippen LogP contribution in [-0.4, -0.2) is 31.7 Å². The van der Waals surface area contributed by atoms with E-state index in [0.29, 0.717) is 6.42 Å². The number of halogens is 3. The van der Waals surface area contributed by atoms with Crippen LogP contribution in [0.5, 0.6) is 0 Å². The molecule has 0 aliphatic heterocycles. The van der Waals surface area contributed by atoms with Crippen LogP contribution >= 0.6 is 0 Å². The Morgan fingerprint density at radius 1 is 0.526 bits per heavy atom. The molecule has 0 aromatic carbocycles. The van der Waals surface area contributed by atoms with Crippen LogP contribution in [0.1, 0.15) is 168 Å². The Hall–Kier alpha value is -0.780. The summed E-state index contributed by atoms with van der Waals surface area (Å²) in [5.74, 6) is -1.03. The molecule has 2 N–H and O–H groups in total. The fourth-order valence-corrected chi connectivity index (χ4v) is 5.23. The highest BCUT2D eigenvalue weighted by atomic mass is 19.4. The smallest absolute Gasteiger partial charge is 0.348 e. The molecule has 3 nitrogen and oxygen atoms in total. The predicted molar refractivity (Wildman–Crippen MR) is 158 cm³/mol. The minimum atomic E-state index is -4.77. The highest BCUT2D eigenvalue weighted by molar-refractivity contribution is 5.81. The summed E-state index contributed by atoms with van der Waals surface area (Å²) in [6.45, 7) is 6.97. The molecule has 0 saturated heterocycles. The lowest BCUT2D eigenvalue weighted by atomic mass is 9.89. The topological polar surface area (TPSA) is 41.1 Å². The normalized spacial score (nSPS) is 12.7. The zero-order valence-electron chi connectivity index (χ0n) is 25.2. The minimum absolute atomic E-state index is 0.118. The number of hydrogen-bond acceptors (Lipinski definition) is 2. The summed E-state index contributed by atoms with van der Waals surface area (Å²) in [6.07, 6.45) is 25.8. The Balaban J connectivity index is 3.72. The fourth-order valence-electron chi connectivity index (χ4n) is 5.23. The van der Waals surface area contributed by atoms with E-state index in [4.69, 9.17) is 0 Å². The van der Waals surface area contributed by atoms with Crippen LogP contribution in [0, 0.1) is 5.92 Å². The van der Waals surface area contributed by atoms with Gasteiger partial charge < -0.3 is 10.6 Å². The summed E-state index contributed by atoms with van der Waals surface area (Å²) in [5, 5.41) is 5.59. The van der Waals surface area contributed by atoms with Gasteiger partial charge in [-0.25, -0.2) is 0 Å².